The first-order valence-corrected chi connectivity index (χ1v) is 6.77. The first kappa shape index (κ1) is 13.5. The fraction of sp³-hybridized carbons (Fsp3) is 0.375. The fourth-order valence-electron chi connectivity index (χ4n) is 2.26. The van der Waals surface area contributed by atoms with Crippen molar-refractivity contribution in [3.63, 3.8) is 0 Å². The van der Waals surface area contributed by atoms with Crippen LogP contribution in [0.3, 0.4) is 0 Å². The number of hydrogen-bond donors (Lipinski definition) is 0. The number of rotatable bonds is 5. The minimum absolute atomic E-state index is 0.132. The van der Waals surface area contributed by atoms with Crippen LogP contribution < -0.4 is 0 Å². The van der Waals surface area contributed by atoms with E-state index >= 15 is 0 Å². The van der Waals surface area contributed by atoms with Gasteiger partial charge in [0.2, 0.25) is 0 Å². The molecule has 100 valence electrons. The smallest absolute Gasteiger partial charge is 0.313 e. The summed E-state index contributed by atoms with van der Waals surface area (Å²) in [6.45, 7) is 4.34. The largest absolute Gasteiger partial charge is 0.466 e. The van der Waals surface area contributed by atoms with Gasteiger partial charge in [0.15, 0.2) is 0 Å². The second kappa shape index (κ2) is 6.32. The van der Waals surface area contributed by atoms with Gasteiger partial charge in [0.1, 0.15) is 0 Å². The molecular weight excluding hydrogens is 238 g/mol. The van der Waals surface area contributed by atoms with Crippen molar-refractivity contribution >= 4 is 16.9 Å². The number of pyridine rings is 1. The molecule has 0 aliphatic heterocycles. The number of fused-ring (bicyclic) bond motifs is 1. The minimum atomic E-state index is -0.172. The maximum atomic E-state index is 12.0. The summed E-state index contributed by atoms with van der Waals surface area (Å²) in [6, 6.07) is 9.91. The summed E-state index contributed by atoms with van der Waals surface area (Å²) < 4.78 is 5.17. The number of esters is 1. The second-order valence-electron chi connectivity index (χ2n) is 4.55. The molecule has 1 aromatic carbocycles. The van der Waals surface area contributed by atoms with Crippen LogP contribution in [0.1, 0.15) is 38.2 Å². The molecule has 2 rings (SSSR count). The lowest BCUT2D eigenvalue weighted by molar-refractivity contribution is -0.145. The van der Waals surface area contributed by atoms with Crippen molar-refractivity contribution in [3.05, 3.63) is 42.1 Å². The highest BCUT2D eigenvalue weighted by Gasteiger charge is 2.21. The van der Waals surface area contributed by atoms with Crippen LogP contribution in [0.2, 0.25) is 0 Å². The maximum absolute atomic E-state index is 12.0. The van der Waals surface area contributed by atoms with Crippen LogP contribution in [-0.2, 0) is 9.53 Å². The van der Waals surface area contributed by atoms with E-state index in [-0.39, 0.29) is 11.9 Å². The summed E-state index contributed by atoms with van der Waals surface area (Å²) in [7, 11) is 0. The average molecular weight is 257 g/mol. The SMILES string of the molecule is CCCC(C(=O)OCC)c1ccc2ncccc2c1. The fourth-order valence-corrected chi connectivity index (χ4v) is 2.26. The Bertz CT molecular complexity index is 565. The zero-order valence-electron chi connectivity index (χ0n) is 11.4. The van der Waals surface area contributed by atoms with Gasteiger partial charge in [0.05, 0.1) is 18.0 Å². The van der Waals surface area contributed by atoms with Crippen molar-refractivity contribution in [1.82, 2.24) is 4.98 Å². The van der Waals surface area contributed by atoms with Gasteiger partial charge in [-0.1, -0.05) is 25.5 Å². The summed E-state index contributed by atoms with van der Waals surface area (Å²) in [6.07, 6.45) is 3.54. The van der Waals surface area contributed by atoms with E-state index in [0.29, 0.717) is 6.61 Å². The van der Waals surface area contributed by atoms with E-state index in [0.717, 1.165) is 29.3 Å². The molecule has 1 aromatic heterocycles. The van der Waals surface area contributed by atoms with Crippen LogP contribution in [0.5, 0.6) is 0 Å². The van der Waals surface area contributed by atoms with Gasteiger partial charge in [-0.15, -0.1) is 0 Å². The number of aromatic nitrogens is 1. The summed E-state index contributed by atoms with van der Waals surface area (Å²) in [5.41, 5.74) is 1.96. The summed E-state index contributed by atoms with van der Waals surface area (Å²) in [5.74, 6) is -0.304. The van der Waals surface area contributed by atoms with Crippen molar-refractivity contribution in [1.29, 1.82) is 0 Å². The third-order valence-corrected chi connectivity index (χ3v) is 3.18. The predicted octanol–water partition coefficient (Wildman–Crippen LogP) is 3.68. The molecule has 0 amide bonds. The van der Waals surface area contributed by atoms with Crippen molar-refractivity contribution in [2.45, 2.75) is 32.6 Å². The van der Waals surface area contributed by atoms with E-state index in [1.54, 1.807) is 6.20 Å². The van der Waals surface area contributed by atoms with Crippen LogP contribution in [0.15, 0.2) is 36.5 Å². The van der Waals surface area contributed by atoms with Crippen molar-refractivity contribution < 1.29 is 9.53 Å². The van der Waals surface area contributed by atoms with Crippen molar-refractivity contribution in [2.75, 3.05) is 6.61 Å². The standard InChI is InChI=1S/C16H19NO2/c1-3-6-14(16(18)19-4-2)12-8-9-15-13(11-12)7-5-10-17-15/h5,7-11,14H,3-4,6H2,1-2H3. The van der Waals surface area contributed by atoms with E-state index in [4.69, 9.17) is 4.74 Å². The Morgan fingerprint density at radius 2 is 2.16 bits per heavy atom. The average Bonchev–Trinajstić information content (AvgIpc) is 2.44. The molecule has 0 saturated heterocycles. The van der Waals surface area contributed by atoms with E-state index < -0.39 is 0 Å². The number of nitrogens with zero attached hydrogens (tertiary/aromatic N) is 1. The highest BCUT2D eigenvalue weighted by molar-refractivity contribution is 5.83. The molecule has 0 aliphatic carbocycles. The van der Waals surface area contributed by atoms with Crippen LogP contribution in [0, 0.1) is 0 Å². The molecule has 3 heteroatoms. The lowest BCUT2D eigenvalue weighted by Gasteiger charge is -2.15. The Balaban J connectivity index is 2.35. The van der Waals surface area contributed by atoms with Crippen LogP contribution in [0.4, 0.5) is 0 Å². The molecule has 19 heavy (non-hydrogen) atoms. The lowest BCUT2D eigenvalue weighted by atomic mass is 9.93. The number of benzene rings is 1. The Hall–Kier alpha value is -1.90. The van der Waals surface area contributed by atoms with Gasteiger partial charge in [0.25, 0.3) is 0 Å². The van der Waals surface area contributed by atoms with Crippen molar-refractivity contribution in [2.24, 2.45) is 0 Å². The topological polar surface area (TPSA) is 39.2 Å². The highest BCUT2D eigenvalue weighted by atomic mass is 16.5. The van der Waals surface area contributed by atoms with Gasteiger partial charge >= 0.3 is 5.97 Å². The molecule has 0 saturated carbocycles. The monoisotopic (exact) mass is 257 g/mol. The summed E-state index contributed by atoms with van der Waals surface area (Å²) in [5, 5.41) is 1.06. The van der Waals surface area contributed by atoms with E-state index in [9.17, 15) is 4.79 Å². The van der Waals surface area contributed by atoms with Gasteiger partial charge in [-0.25, -0.2) is 0 Å². The number of carbonyl (C=O) groups excluding carboxylic acids is 1. The van der Waals surface area contributed by atoms with Crippen molar-refractivity contribution in [3.8, 4) is 0 Å². The van der Waals surface area contributed by atoms with Crippen LogP contribution in [0.25, 0.3) is 10.9 Å². The molecule has 1 atom stereocenters. The quantitative estimate of drug-likeness (QED) is 0.767. The molecule has 0 radical (unpaired) electrons. The highest BCUT2D eigenvalue weighted by Crippen LogP contribution is 2.25. The van der Waals surface area contributed by atoms with Crippen LogP contribution in [-0.4, -0.2) is 17.6 Å². The number of ether oxygens (including phenoxy) is 1. The predicted molar refractivity (Wildman–Crippen MR) is 76.0 cm³/mol. The molecule has 1 heterocycles. The Morgan fingerprint density at radius 1 is 1.32 bits per heavy atom. The zero-order chi connectivity index (χ0) is 13.7. The Labute approximate surface area is 113 Å². The third kappa shape index (κ3) is 3.11. The Kier molecular flexibility index (Phi) is 4.50. The molecule has 0 spiro atoms. The first-order chi connectivity index (χ1) is 9.26. The summed E-state index contributed by atoms with van der Waals surface area (Å²) >= 11 is 0. The second-order valence-corrected chi connectivity index (χ2v) is 4.55. The van der Waals surface area contributed by atoms with E-state index in [1.807, 2.05) is 37.3 Å². The zero-order valence-corrected chi connectivity index (χ0v) is 11.4. The summed E-state index contributed by atoms with van der Waals surface area (Å²) in [4.78, 5) is 16.3. The molecule has 0 bridgehead atoms. The van der Waals surface area contributed by atoms with Gasteiger partial charge in [-0.05, 0) is 37.1 Å². The van der Waals surface area contributed by atoms with Gasteiger partial charge in [0, 0.05) is 11.6 Å². The third-order valence-electron chi connectivity index (χ3n) is 3.18. The van der Waals surface area contributed by atoms with E-state index in [2.05, 4.69) is 11.9 Å². The van der Waals surface area contributed by atoms with E-state index in [1.165, 1.54) is 0 Å². The minimum Gasteiger partial charge on any atom is -0.466 e. The van der Waals surface area contributed by atoms with Gasteiger partial charge < -0.3 is 4.74 Å². The normalized spacial score (nSPS) is 12.3. The van der Waals surface area contributed by atoms with Gasteiger partial charge in [-0.2, -0.15) is 0 Å². The molecule has 1 unspecified atom stereocenters. The maximum Gasteiger partial charge on any atom is 0.313 e. The molecular formula is C16H19NO2. The molecule has 3 nitrogen and oxygen atoms in total. The molecule has 2 aromatic rings. The molecule has 0 aliphatic rings. The molecule has 0 fully saturated rings. The number of carbonyl (C=O) groups is 1. The van der Waals surface area contributed by atoms with Gasteiger partial charge in [-0.3, -0.25) is 9.78 Å². The molecule has 0 N–H and O–H groups in total. The first-order valence-electron chi connectivity index (χ1n) is 6.77. The Morgan fingerprint density at radius 3 is 2.89 bits per heavy atom. The lowest BCUT2D eigenvalue weighted by Crippen LogP contribution is -2.16. The number of hydrogen-bond acceptors (Lipinski definition) is 3. The van der Waals surface area contributed by atoms with Crippen LogP contribution >= 0.6 is 0 Å².